The summed E-state index contributed by atoms with van der Waals surface area (Å²) < 4.78 is 5.88. The van der Waals surface area contributed by atoms with Gasteiger partial charge >= 0.3 is 0 Å². The summed E-state index contributed by atoms with van der Waals surface area (Å²) in [5.74, 6) is 1.52. The largest absolute Gasteiger partial charge is 0.455 e. The third kappa shape index (κ3) is 3.03. The van der Waals surface area contributed by atoms with Crippen LogP contribution in [-0.4, -0.2) is 7.05 Å². The second-order valence-corrected chi connectivity index (χ2v) is 4.58. The van der Waals surface area contributed by atoms with Crippen LogP contribution in [0.25, 0.3) is 0 Å². The molecule has 3 heteroatoms. The molecule has 2 aromatic carbocycles. The van der Waals surface area contributed by atoms with Crippen molar-refractivity contribution in [1.82, 2.24) is 5.32 Å². The van der Waals surface area contributed by atoms with Crippen LogP contribution < -0.4 is 10.1 Å². The smallest absolute Gasteiger partial charge is 0.146 e. The van der Waals surface area contributed by atoms with Crippen LogP contribution in [0, 0.1) is 6.92 Å². The van der Waals surface area contributed by atoms with Crippen molar-refractivity contribution >= 4 is 11.6 Å². The van der Waals surface area contributed by atoms with Gasteiger partial charge in [-0.2, -0.15) is 0 Å². The lowest BCUT2D eigenvalue weighted by atomic mass is 10.2. The standard InChI is InChI=1S/C15H16ClNO/c1-11-7-8-15(13(16)9-11)18-14-6-4-3-5-12(14)10-17-2/h3-9,17H,10H2,1-2H3. The molecule has 0 unspecified atom stereocenters. The second kappa shape index (κ2) is 5.89. The van der Waals surface area contributed by atoms with Crippen LogP contribution in [0.3, 0.4) is 0 Å². The molecule has 94 valence electrons. The zero-order valence-corrected chi connectivity index (χ0v) is 11.3. The van der Waals surface area contributed by atoms with Gasteiger partial charge in [0.2, 0.25) is 0 Å². The fourth-order valence-electron chi connectivity index (χ4n) is 1.75. The van der Waals surface area contributed by atoms with Crippen molar-refractivity contribution in [1.29, 1.82) is 0 Å². The predicted octanol–water partition coefficient (Wildman–Crippen LogP) is 4.16. The molecule has 2 aromatic rings. The van der Waals surface area contributed by atoms with Crippen molar-refractivity contribution in [2.24, 2.45) is 0 Å². The SMILES string of the molecule is CNCc1ccccc1Oc1ccc(C)cc1Cl. The highest BCUT2D eigenvalue weighted by Gasteiger charge is 2.06. The summed E-state index contributed by atoms with van der Waals surface area (Å²) in [4.78, 5) is 0. The molecule has 0 aromatic heterocycles. The second-order valence-electron chi connectivity index (χ2n) is 4.17. The molecule has 0 aliphatic heterocycles. The van der Waals surface area contributed by atoms with Crippen molar-refractivity contribution in [3.8, 4) is 11.5 Å². The van der Waals surface area contributed by atoms with Crippen molar-refractivity contribution in [3.05, 3.63) is 58.6 Å². The molecule has 0 bridgehead atoms. The molecule has 0 radical (unpaired) electrons. The molecule has 0 aliphatic carbocycles. The van der Waals surface area contributed by atoms with E-state index in [1.807, 2.05) is 56.4 Å². The van der Waals surface area contributed by atoms with Crippen molar-refractivity contribution in [2.75, 3.05) is 7.05 Å². The first-order valence-electron chi connectivity index (χ1n) is 5.87. The van der Waals surface area contributed by atoms with Crippen molar-refractivity contribution in [3.63, 3.8) is 0 Å². The van der Waals surface area contributed by atoms with Crippen molar-refractivity contribution in [2.45, 2.75) is 13.5 Å². The molecule has 0 amide bonds. The van der Waals surface area contributed by atoms with Gasteiger partial charge in [0, 0.05) is 12.1 Å². The van der Waals surface area contributed by atoms with E-state index >= 15 is 0 Å². The molecule has 0 aliphatic rings. The molecule has 0 heterocycles. The van der Waals surface area contributed by atoms with E-state index in [4.69, 9.17) is 16.3 Å². The van der Waals surface area contributed by atoms with Crippen LogP contribution >= 0.6 is 11.6 Å². The molecule has 0 saturated heterocycles. The van der Waals surface area contributed by atoms with Gasteiger partial charge in [-0.05, 0) is 37.7 Å². The minimum atomic E-state index is 0.634. The van der Waals surface area contributed by atoms with E-state index in [1.165, 1.54) is 0 Å². The first-order chi connectivity index (χ1) is 8.70. The zero-order chi connectivity index (χ0) is 13.0. The average Bonchev–Trinajstić information content (AvgIpc) is 2.35. The number of para-hydroxylation sites is 1. The third-order valence-electron chi connectivity index (χ3n) is 2.65. The summed E-state index contributed by atoms with van der Waals surface area (Å²) in [6, 6.07) is 13.7. The van der Waals surface area contributed by atoms with Crippen molar-refractivity contribution < 1.29 is 4.74 Å². The highest BCUT2D eigenvalue weighted by atomic mass is 35.5. The molecule has 2 rings (SSSR count). The van der Waals surface area contributed by atoms with Gasteiger partial charge in [-0.3, -0.25) is 0 Å². The number of rotatable bonds is 4. The number of hydrogen-bond acceptors (Lipinski definition) is 2. The lowest BCUT2D eigenvalue weighted by Crippen LogP contribution is -2.06. The molecule has 1 N–H and O–H groups in total. The Labute approximate surface area is 113 Å². The molecule has 2 nitrogen and oxygen atoms in total. The van der Waals surface area contributed by atoms with E-state index in [1.54, 1.807) is 0 Å². The number of halogens is 1. The van der Waals surface area contributed by atoms with Crippen LogP contribution in [-0.2, 0) is 6.54 Å². The Morgan fingerprint density at radius 3 is 2.61 bits per heavy atom. The van der Waals surface area contributed by atoms with Crippen LogP contribution in [0.2, 0.25) is 5.02 Å². The lowest BCUT2D eigenvalue weighted by Gasteiger charge is -2.12. The lowest BCUT2D eigenvalue weighted by molar-refractivity contribution is 0.474. The summed E-state index contributed by atoms with van der Waals surface area (Å²) in [7, 11) is 1.91. The number of ether oxygens (including phenoxy) is 1. The molecule has 0 atom stereocenters. The molecular formula is C15H16ClNO. The minimum absolute atomic E-state index is 0.634. The molecular weight excluding hydrogens is 246 g/mol. The van der Waals surface area contributed by atoms with Gasteiger partial charge < -0.3 is 10.1 Å². The zero-order valence-electron chi connectivity index (χ0n) is 10.5. The van der Waals surface area contributed by atoms with E-state index in [0.29, 0.717) is 10.8 Å². The van der Waals surface area contributed by atoms with Crippen LogP contribution in [0.1, 0.15) is 11.1 Å². The van der Waals surface area contributed by atoms with Crippen LogP contribution in [0.4, 0.5) is 0 Å². The first-order valence-corrected chi connectivity index (χ1v) is 6.25. The van der Waals surface area contributed by atoms with Crippen LogP contribution in [0.15, 0.2) is 42.5 Å². The monoisotopic (exact) mass is 261 g/mol. The molecule has 0 fully saturated rings. The van der Waals surface area contributed by atoms with Gasteiger partial charge in [0.1, 0.15) is 11.5 Å². The maximum Gasteiger partial charge on any atom is 0.146 e. The Morgan fingerprint density at radius 2 is 1.89 bits per heavy atom. The topological polar surface area (TPSA) is 21.3 Å². The molecule has 0 spiro atoms. The Bertz CT molecular complexity index is 540. The van der Waals surface area contributed by atoms with Gasteiger partial charge in [0.05, 0.1) is 5.02 Å². The highest BCUT2D eigenvalue weighted by molar-refractivity contribution is 6.32. The number of nitrogens with one attached hydrogen (secondary N) is 1. The number of hydrogen-bond donors (Lipinski definition) is 1. The van der Waals surface area contributed by atoms with Gasteiger partial charge in [0.15, 0.2) is 0 Å². The Morgan fingerprint density at radius 1 is 1.11 bits per heavy atom. The Hall–Kier alpha value is -1.51. The van der Waals surface area contributed by atoms with E-state index < -0.39 is 0 Å². The fraction of sp³-hybridized carbons (Fsp3) is 0.200. The number of benzene rings is 2. The first kappa shape index (κ1) is 12.9. The third-order valence-corrected chi connectivity index (χ3v) is 2.94. The normalized spacial score (nSPS) is 10.4. The van der Waals surface area contributed by atoms with Gasteiger partial charge in [-0.25, -0.2) is 0 Å². The van der Waals surface area contributed by atoms with Gasteiger partial charge in [-0.15, -0.1) is 0 Å². The van der Waals surface area contributed by atoms with E-state index in [-0.39, 0.29) is 0 Å². The van der Waals surface area contributed by atoms with E-state index in [0.717, 1.165) is 23.4 Å². The molecule has 18 heavy (non-hydrogen) atoms. The maximum atomic E-state index is 6.17. The quantitative estimate of drug-likeness (QED) is 0.892. The summed E-state index contributed by atoms with van der Waals surface area (Å²) in [6.07, 6.45) is 0. The van der Waals surface area contributed by atoms with Gasteiger partial charge in [0.25, 0.3) is 0 Å². The minimum Gasteiger partial charge on any atom is -0.455 e. The maximum absolute atomic E-state index is 6.17. The highest BCUT2D eigenvalue weighted by Crippen LogP contribution is 2.31. The summed E-state index contributed by atoms with van der Waals surface area (Å²) in [5.41, 5.74) is 2.23. The summed E-state index contributed by atoms with van der Waals surface area (Å²) in [6.45, 7) is 2.77. The average molecular weight is 262 g/mol. The number of aryl methyl sites for hydroxylation is 1. The summed E-state index contributed by atoms with van der Waals surface area (Å²) in [5, 5.41) is 3.75. The van der Waals surface area contributed by atoms with E-state index in [2.05, 4.69) is 5.32 Å². The van der Waals surface area contributed by atoms with Gasteiger partial charge in [-0.1, -0.05) is 35.9 Å². The fourth-order valence-corrected chi connectivity index (χ4v) is 2.02. The Balaban J connectivity index is 2.28. The van der Waals surface area contributed by atoms with E-state index in [9.17, 15) is 0 Å². The Kier molecular flexibility index (Phi) is 4.24. The predicted molar refractivity (Wildman–Crippen MR) is 75.5 cm³/mol. The van der Waals surface area contributed by atoms with Crippen LogP contribution in [0.5, 0.6) is 11.5 Å². The molecule has 0 saturated carbocycles. The summed E-state index contributed by atoms with van der Waals surface area (Å²) >= 11 is 6.17.